The molecule has 0 bridgehead atoms. The first-order valence-electron chi connectivity index (χ1n) is 7.58. The second-order valence-electron chi connectivity index (χ2n) is 5.15. The number of hydrogen-bond donors (Lipinski definition) is 2. The lowest BCUT2D eigenvalue weighted by Crippen LogP contribution is -2.26. The molecule has 9 heteroatoms. The molecule has 1 amide bonds. The number of carbonyl (C=O) groups excluding carboxylic acids is 1. The number of aromatic nitrogens is 3. The first kappa shape index (κ1) is 18.9. The number of nitrogens with one attached hydrogen (secondary N) is 1. The Hall–Kier alpha value is -1.44. The zero-order chi connectivity index (χ0) is 17.5. The predicted octanol–water partition coefficient (Wildman–Crippen LogP) is 3.36. The highest BCUT2D eigenvalue weighted by molar-refractivity contribution is 7.99. The molecule has 1 aromatic heterocycles. The molecule has 6 nitrogen and oxygen atoms in total. The fraction of sp³-hybridized carbons (Fsp3) is 0.400. The minimum absolute atomic E-state index is 0.0542. The molecule has 24 heavy (non-hydrogen) atoms. The van der Waals surface area contributed by atoms with Gasteiger partial charge in [0.25, 0.3) is 0 Å². The van der Waals surface area contributed by atoms with Crippen molar-refractivity contribution >= 4 is 40.9 Å². The van der Waals surface area contributed by atoms with Crippen molar-refractivity contribution in [3.8, 4) is 11.4 Å². The Morgan fingerprint density at radius 2 is 2.12 bits per heavy atom. The van der Waals surface area contributed by atoms with Gasteiger partial charge in [0.05, 0.1) is 10.8 Å². The van der Waals surface area contributed by atoms with Gasteiger partial charge in [0.2, 0.25) is 11.1 Å². The Balaban J connectivity index is 1.98. The number of unbranched alkanes of at least 4 members (excludes halogenated alkanes) is 2. The summed E-state index contributed by atoms with van der Waals surface area (Å²) in [4.78, 5) is 11.8. The average molecular weight is 388 g/mol. The molecule has 0 aliphatic heterocycles. The molecule has 0 aliphatic carbocycles. The zero-order valence-electron chi connectivity index (χ0n) is 13.3. The lowest BCUT2D eigenvalue weighted by Gasteiger charge is -2.06. The molecule has 0 radical (unpaired) electrons. The molecule has 0 aliphatic rings. The number of nitrogen functional groups attached to an aromatic ring is 1. The molecule has 2 rings (SSSR count). The maximum Gasteiger partial charge on any atom is 0.230 e. The fourth-order valence-electron chi connectivity index (χ4n) is 2.01. The fourth-order valence-corrected chi connectivity index (χ4v) is 3.07. The summed E-state index contributed by atoms with van der Waals surface area (Å²) in [5, 5.41) is 12.4. The van der Waals surface area contributed by atoms with Crippen LogP contribution in [0.4, 0.5) is 0 Å². The molecule has 130 valence electrons. The van der Waals surface area contributed by atoms with Gasteiger partial charge in [-0.1, -0.05) is 54.7 Å². The van der Waals surface area contributed by atoms with E-state index in [0.717, 1.165) is 19.3 Å². The molecule has 1 heterocycles. The van der Waals surface area contributed by atoms with E-state index >= 15 is 0 Å². The number of thioether (sulfide) groups is 1. The standard InChI is InChI=1S/C15H19Cl2N5OS/c1-2-3-4-7-19-13(23)9-24-15-21-20-14(22(15)18)11-8-10(16)5-6-12(11)17/h5-6,8H,2-4,7,9,18H2,1H3,(H,19,23). The Morgan fingerprint density at radius 1 is 1.33 bits per heavy atom. The van der Waals surface area contributed by atoms with Crippen molar-refractivity contribution in [2.24, 2.45) is 0 Å². The van der Waals surface area contributed by atoms with Gasteiger partial charge >= 0.3 is 0 Å². The average Bonchev–Trinajstić information content (AvgIpc) is 2.92. The lowest BCUT2D eigenvalue weighted by molar-refractivity contribution is -0.118. The first-order chi connectivity index (χ1) is 11.5. The third-order valence-corrected chi connectivity index (χ3v) is 4.78. The number of benzene rings is 1. The van der Waals surface area contributed by atoms with Gasteiger partial charge in [-0.3, -0.25) is 4.79 Å². The quantitative estimate of drug-likeness (QED) is 0.411. The number of halogens is 2. The van der Waals surface area contributed by atoms with Crippen molar-refractivity contribution in [2.75, 3.05) is 18.1 Å². The van der Waals surface area contributed by atoms with Crippen molar-refractivity contribution in [3.63, 3.8) is 0 Å². The first-order valence-corrected chi connectivity index (χ1v) is 9.32. The van der Waals surface area contributed by atoms with Gasteiger partial charge in [0.1, 0.15) is 0 Å². The maximum atomic E-state index is 11.8. The van der Waals surface area contributed by atoms with E-state index in [1.807, 2.05) is 0 Å². The van der Waals surface area contributed by atoms with Crippen LogP contribution in [0.2, 0.25) is 10.0 Å². The highest BCUT2D eigenvalue weighted by Gasteiger charge is 2.16. The third-order valence-electron chi connectivity index (χ3n) is 3.27. The van der Waals surface area contributed by atoms with Gasteiger partial charge in [-0.15, -0.1) is 10.2 Å². The number of hydrogen-bond acceptors (Lipinski definition) is 5. The van der Waals surface area contributed by atoms with E-state index in [4.69, 9.17) is 29.0 Å². The van der Waals surface area contributed by atoms with Crippen LogP contribution in [0.5, 0.6) is 0 Å². The SMILES string of the molecule is CCCCCNC(=O)CSc1nnc(-c2cc(Cl)ccc2Cl)n1N. The van der Waals surface area contributed by atoms with Gasteiger partial charge < -0.3 is 11.2 Å². The summed E-state index contributed by atoms with van der Waals surface area (Å²) >= 11 is 13.4. The highest BCUT2D eigenvalue weighted by Crippen LogP contribution is 2.30. The third kappa shape index (κ3) is 5.03. The van der Waals surface area contributed by atoms with Crippen LogP contribution in [0.3, 0.4) is 0 Å². The van der Waals surface area contributed by atoms with Crippen molar-refractivity contribution in [1.82, 2.24) is 20.2 Å². The van der Waals surface area contributed by atoms with E-state index in [0.29, 0.717) is 33.1 Å². The van der Waals surface area contributed by atoms with Gasteiger partial charge in [0.15, 0.2) is 5.82 Å². The molecule has 1 aromatic carbocycles. The van der Waals surface area contributed by atoms with Crippen LogP contribution < -0.4 is 11.2 Å². The molecule has 0 fully saturated rings. The largest absolute Gasteiger partial charge is 0.355 e. The van der Waals surface area contributed by atoms with E-state index in [9.17, 15) is 4.79 Å². The minimum atomic E-state index is -0.0542. The zero-order valence-corrected chi connectivity index (χ0v) is 15.6. The van der Waals surface area contributed by atoms with Crippen LogP contribution in [0, 0.1) is 0 Å². The van der Waals surface area contributed by atoms with E-state index in [-0.39, 0.29) is 11.7 Å². The Morgan fingerprint density at radius 3 is 2.88 bits per heavy atom. The minimum Gasteiger partial charge on any atom is -0.355 e. The molecule has 0 spiro atoms. The van der Waals surface area contributed by atoms with Crippen molar-refractivity contribution in [2.45, 2.75) is 31.3 Å². The molecular formula is C15H19Cl2N5OS. The summed E-state index contributed by atoms with van der Waals surface area (Å²) in [6, 6.07) is 5.03. The number of rotatable bonds is 8. The maximum absolute atomic E-state index is 11.8. The summed E-state index contributed by atoms with van der Waals surface area (Å²) in [5.74, 6) is 6.59. The summed E-state index contributed by atoms with van der Waals surface area (Å²) in [6.45, 7) is 2.81. The summed E-state index contributed by atoms with van der Waals surface area (Å²) in [5.41, 5.74) is 0.593. The molecule has 3 N–H and O–H groups in total. The monoisotopic (exact) mass is 387 g/mol. The van der Waals surface area contributed by atoms with Crippen LogP contribution >= 0.6 is 35.0 Å². The van der Waals surface area contributed by atoms with Crippen LogP contribution in [-0.4, -0.2) is 33.1 Å². The van der Waals surface area contributed by atoms with Crippen LogP contribution in [-0.2, 0) is 4.79 Å². The molecule has 0 saturated carbocycles. The smallest absolute Gasteiger partial charge is 0.230 e. The second-order valence-corrected chi connectivity index (χ2v) is 6.93. The van der Waals surface area contributed by atoms with Gasteiger partial charge in [-0.25, -0.2) is 4.68 Å². The molecular weight excluding hydrogens is 369 g/mol. The van der Waals surface area contributed by atoms with Crippen molar-refractivity contribution in [1.29, 1.82) is 0 Å². The number of nitrogens with zero attached hydrogens (tertiary/aromatic N) is 3. The molecule has 0 atom stereocenters. The van der Waals surface area contributed by atoms with E-state index < -0.39 is 0 Å². The summed E-state index contributed by atoms with van der Waals surface area (Å²) in [7, 11) is 0. The summed E-state index contributed by atoms with van der Waals surface area (Å²) < 4.78 is 1.31. The van der Waals surface area contributed by atoms with E-state index in [1.54, 1.807) is 18.2 Å². The molecule has 0 unspecified atom stereocenters. The molecule has 2 aromatic rings. The Kier molecular flexibility index (Phi) is 7.20. The van der Waals surface area contributed by atoms with Crippen molar-refractivity contribution < 1.29 is 4.79 Å². The lowest BCUT2D eigenvalue weighted by atomic mass is 10.2. The Labute approximate surface area is 155 Å². The number of carbonyl (C=O) groups is 1. The summed E-state index contributed by atoms with van der Waals surface area (Å²) in [6.07, 6.45) is 3.21. The normalized spacial score (nSPS) is 10.8. The van der Waals surface area contributed by atoms with Gasteiger partial charge in [-0.2, -0.15) is 0 Å². The van der Waals surface area contributed by atoms with Crippen molar-refractivity contribution in [3.05, 3.63) is 28.2 Å². The number of amides is 1. The Bertz CT molecular complexity index is 707. The highest BCUT2D eigenvalue weighted by atomic mass is 35.5. The van der Waals surface area contributed by atoms with E-state index in [2.05, 4.69) is 22.4 Å². The van der Waals surface area contributed by atoms with Gasteiger partial charge in [0, 0.05) is 17.1 Å². The second kappa shape index (κ2) is 9.15. The van der Waals surface area contributed by atoms with E-state index in [1.165, 1.54) is 16.4 Å². The van der Waals surface area contributed by atoms with Crippen LogP contribution in [0.25, 0.3) is 11.4 Å². The van der Waals surface area contributed by atoms with Gasteiger partial charge in [-0.05, 0) is 24.6 Å². The predicted molar refractivity (Wildman–Crippen MR) is 98.9 cm³/mol. The van der Waals surface area contributed by atoms with Crippen LogP contribution in [0.1, 0.15) is 26.2 Å². The van der Waals surface area contributed by atoms with Crippen LogP contribution in [0.15, 0.2) is 23.4 Å². The molecule has 0 saturated heterocycles. The topological polar surface area (TPSA) is 85.8 Å². The number of nitrogens with two attached hydrogens (primary N) is 1.